The molecule has 2 rings (SSSR count). The minimum absolute atomic E-state index is 0.0222. The Morgan fingerprint density at radius 2 is 1.95 bits per heavy atom. The van der Waals surface area contributed by atoms with Crippen LogP contribution in [0.2, 0.25) is 0 Å². The Balaban J connectivity index is 2.39. The third-order valence-corrected chi connectivity index (χ3v) is 4.15. The lowest BCUT2D eigenvalue weighted by Crippen LogP contribution is -2.28. The van der Waals surface area contributed by atoms with Crippen LogP contribution in [-0.4, -0.2) is 41.4 Å². The van der Waals surface area contributed by atoms with Crippen LogP contribution in [-0.2, 0) is 4.79 Å². The Kier molecular flexibility index (Phi) is 3.71. The molecule has 0 bridgehead atoms. The molecule has 6 heteroatoms. The SMILES string of the molecule is Cc1nc(NCC(=O)N(C)C)c2c(C)c(C)sc2n1. The van der Waals surface area contributed by atoms with Crippen LogP contribution in [0.3, 0.4) is 0 Å². The molecule has 2 heterocycles. The summed E-state index contributed by atoms with van der Waals surface area (Å²) in [6.07, 6.45) is 0. The van der Waals surface area contributed by atoms with Crippen molar-refractivity contribution in [3.63, 3.8) is 0 Å². The lowest BCUT2D eigenvalue weighted by molar-refractivity contribution is -0.126. The Bertz CT molecular complexity index is 633. The van der Waals surface area contributed by atoms with Gasteiger partial charge in [0, 0.05) is 19.0 Å². The summed E-state index contributed by atoms with van der Waals surface area (Å²) in [6, 6.07) is 0. The molecular formula is C13H18N4OS. The number of rotatable bonds is 3. The molecule has 0 spiro atoms. The van der Waals surface area contributed by atoms with Crippen molar-refractivity contribution in [2.75, 3.05) is 26.0 Å². The van der Waals surface area contributed by atoms with E-state index in [9.17, 15) is 4.79 Å². The average Bonchev–Trinajstić information content (AvgIpc) is 2.61. The number of hydrogen-bond acceptors (Lipinski definition) is 5. The monoisotopic (exact) mass is 278 g/mol. The van der Waals surface area contributed by atoms with Gasteiger partial charge in [0.05, 0.1) is 11.9 Å². The quantitative estimate of drug-likeness (QED) is 0.934. The van der Waals surface area contributed by atoms with Crippen LogP contribution in [0.15, 0.2) is 0 Å². The van der Waals surface area contributed by atoms with Crippen molar-refractivity contribution in [2.45, 2.75) is 20.8 Å². The number of anilines is 1. The third kappa shape index (κ3) is 2.68. The Hall–Kier alpha value is -1.69. The summed E-state index contributed by atoms with van der Waals surface area (Å²) in [6.45, 7) is 6.24. The summed E-state index contributed by atoms with van der Waals surface area (Å²) in [5.74, 6) is 1.49. The summed E-state index contributed by atoms with van der Waals surface area (Å²) >= 11 is 1.66. The predicted molar refractivity (Wildman–Crippen MR) is 78.8 cm³/mol. The van der Waals surface area contributed by atoms with Gasteiger partial charge in [-0.2, -0.15) is 0 Å². The summed E-state index contributed by atoms with van der Waals surface area (Å²) in [4.78, 5) is 24.3. The van der Waals surface area contributed by atoms with Crippen LogP contribution in [0.4, 0.5) is 5.82 Å². The van der Waals surface area contributed by atoms with Gasteiger partial charge >= 0.3 is 0 Å². The smallest absolute Gasteiger partial charge is 0.241 e. The number of carbonyl (C=O) groups is 1. The Morgan fingerprint density at radius 1 is 1.26 bits per heavy atom. The van der Waals surface area contributed by atoms with Crippen molar-refractivity contribution in [1.82, 2.24) is 14.9 Å². The first-order valence-corrected chi connectivity index (χ1v) is 6.90. The van der Waals surface area contributed by atoms with Crippen LogP contribution in [0.5, 0.6) is 0 Å². The fourth-order valence-electron chi connectivity index (χ4n) is 1.80. The normalized spacial score (nSPS) is 10.8. The second-order valence-corrected chi connectivity index (χ2v) is 5.93. The number of fused-ring (bicyclic) bond motifs is 1. The predicted octanol–water partition coefficient (Wildman–Crippen LogP) is 2.12. The molecule has 1 N–H and O–H groups in total. The zero-order valence-electron chi connectivity index (χ0n) is 11.9. The fraction of sp³-hybridized carbons (Fsp3) is 0.462. The van der Waals surface area contributed by atoms with Crippen molar-refractivity contribution in [1.29, 1.82) is 0 Å². The van der Waals surface area contributed by atoms with Gasteiger partial charge in [-0.3, -0.25) is 4.79 Å². The van der Waals surface area contributed by atoms with Crippen LogP contribution >= 0.6 is 11.3 Å². The first kappa shape index (κ1) is 13.7. The van der Waals surface area contributed by atoms with Gasteiger partial charge in [-0.15, -0.1) is 11.3 Å². The second kappa shape index (κ2) is 5.13. The molecule has 102 valence electrons. The number of hydrogen-bond donors (Lipinski definition) is 1. The van der Waals surface area contributed by atoms with E-state index in [0.717, 1.165) is 16.0 Å². The first-order chi connectivity index (χ1) is 8.90. The number of nitrogens with one attached hydrogen (secondary N) is 1. The van der Waals surface area contributed by atoms with Crippen molar-refractivity contribution < 1.29 is 4.79 Å². The molecule has 0 radical (unpaired) electrons. The number of aromatic nitrogens is 2. The molecule has 0 fully saturated rings. The molecule has 0 aromatic carbocycles. The maximum absolute atomic E-state index is 11.6. The molecule has 2 aromatic heterocycles. The largest absolute Gasteiger partial charge is 0.360 e. The highest BCUT2D eigenvalue weighted by atomic mass is 32.1. The van der Waals surface area contributed by atoms with Gasteiger partial charge in [0.2, 0.25) is 5.91 Å². The van der Waals surface area contributed by atoms with Gasteiger partial charge in [0.25, 0.3) is 0 Å². The molecule has 1 amide bonds. The van der Waals surface area contributed by atoms with Gasteiger partial charge < -0.3 is 10.2 Å². The molecule has 0 saturated carbocycles. The minimum Gasteiger partial charge on any atom is -0.360 e. The van der Waals surface area contributed by atoms with E-state index in [1.165, 1.54) is 10.4 Å². The lowest BCUT2D eigenvalue weighted by atomic mass is 10.2. The van der Waals surface area contributed by atoms with Crippen molar-refractivity contribution >= 4 is 33.3 Å². The Labute approximate surface area is 116 Å². The van der Waals surface area contributed by atoms with Gasteiger partial charge in [-0.05, 0) is 26.3 Å². The van der Waals surface area contributed by atoms with Gasteiger partial charge in [0.1, 0.15) is 16.5 Å². The van der Waals surface area contributed by atoms with E-state index >= 15 is 0 Å². The number of amides is 1. The van der Waals surface area contributed by atoms with Crippen LogP contribution in [0.25, 0.3) is 10.2 Å². The van der Waals surface area contributed by atoms with E-state index < -0.39 is 0 Å². The van der Waals surface area contributed by atoms with E-state index in [1.54, 1.807) is 30.3 Å². The van der Waals surface area contributed by atoms with E-state index in [1.807, 2.05) is 6.92 Å². The highest BCUT2D eigenvalue weighted by Crippen LogP contribution is 2.32. The third-order valence-electron chi connectivity index (χ3n) is 3.05. The maximum Gasteiger partial charge on any atom is 0.241 e. The van der Waals surface area contributed by atoms with Crippen molar-refractivity contribution in [3.8, 4) is 0 Å². The molecule has 2 aromatic rings. The van der Waals surface area contributed by atoms with Gasteiger partial charge in [-0.25, -0.2) is 9.97 Å². The van der Waals surface area contributed by atoms with Crippen LogP contribution < -0.4 is 5.32 Å². The molecule has 19 heavy (non-hydrogen) atoms. The molecule has 5 nitrogen and oxygen atoms in total. The zero-order valence-corrected chi connectivity index (χ0v) is 12.7. The van der Waals surface area contributed by atoms with Crippen LogP contribution in [0.1, 0.15) is 16.3 Å². The van der Waals surface area contributed by atoms with E-state index in [2.05, 4.69) is 29.1 Å². The lowest BCUT2D eigenvalue weighted by Gasteiger charge is -2.12. The number of carbonyl (C=O) groups excluding carboxylic acids is 1. The summed E-state index contributed by atoms with van der Waals surface area (Å²) in [5.41, 5.74) is 1.18. The number of nitrogens with zero attached hydrogens (tertiary/aromatic N) is 3. The van der Waals surface area contributed by atoms with Crippen molar-refractivity contribution in [2.24, 2.45) is 0 Å². The molecular weight excluding hydrogens is 260 g/mol. The molecule has 0 aliphatic heterocycles. The second-order valence-electron chi connectivity index (χ2n) is 4.72. The summed E-state index contributed by atoms with van der Waals surface area (Å²) < 4.78 is 0. The molecule has 0 aliphatic rings. The first-order valence-electron chi connectivity index (χ1n) is 6.08. The zero-order chi connectivity index (χ0) is 14.2. The van der Waals surface area contributed by atoms with Crippen LogP contribution in [0, 0.1) is 20.8 Å². The standard InChI is InChI=1S/C13H18N4OS/c1-7-8(2)19-13-11(7)12(15-9(3)16-13)14-6-10(18)17(4)5/h6H2,1-5H3,(H,14,15,16). The number of likely N-dealkylation sites (N-methyl/N-ethyl adjacent to an activating group) is 1. The molecule has 0 atom stereocenters. The van der Waals surface area contributed by atoms with Gasteiger partial charge in [-0.1, -0.05) is 0 Å². The Morgan fingerprint density at radius 3 is 2.58 bits per heavy atom. The number of aryl methyl sites for hydroxylation is 3. The maximum atomic E-state index is 11.6. The summed E-state index contributed by atoms with van der Waals surface area (Å²) in [5, 5.41) is 4.16. The molecule has 0 aliphatic carbocycles. The van der Waals surface area contributed by atoms with Crippen molar-refractivity contribution in [3.05, 3.63) is 16.3 Å². The number of thiophene rings is 1. The highest BCUT2D eigenvalue weighted by Gasteiger charge is 2.14. The highest BCUT2D eigenvalue weighted by molar-refractivity contribution is 7.18. The van der Waals surface area contributed by atoms with E-state index in [4.69, 9.17) is 0 Å². The minimum atomic E-state index is 0.0222. The average molecular weight is 278 g/mol. The van der Waals surface area contributed by atoms with E-state index in [-0.39, 0.29) is 12.5 Å². The fourth-order valence-corrected chi connectivity index (χ4v) is 2.88. The van der Waals surface area contributed by atoms with E-state index in [0.29, 0.717) is 5.82 Å². The molecule has 0 saturated heterocycles. The van der Waals surface area contributed by atoms with Gasteiger partial charge in [0.15, 0.2) is 0 Å². The topological polar surface area (TPSA) is 58.1 Å². The molecule has 0 unspecified atom stereocenters. The summed E-state index contributed by atoms with van der Waals surface area (Å²) in [7, 11) is 3.48.